The van der Waals surface area contributed by atoms with Crippen molar-refractivity contribution < 1.29 is 0 Å². The van der Waals surface area contributed by atoms with Crippen molar-refractivity contribution in [1.29, 1.82) is 0 Å². The van der Waals surface area contributed by atoms with Crippen LogP contribution in [0, 0.1) is 0 Å². The van der Waals surface area contributed by atoms with Gasteiger partial charge in [-0.1, -0.05) is 0 Å². The summed E-state index contributed by atoms with van der Waals surface area (Å²) in [5, 5.41) is 0.850. The molecule has 4 heteroatoms. The van der Waals surface area contributed by atoms with Crippen LogP contribution in [0.25, 0.3) is 9.65 Å². The van der Waals surface area contributed by atoms with Gasteiger partial charge in [0.25, 0.3) is 0 Å². The molecule has 0 radical (unpaired) electrons. The van der Waals surface area contributed by atoms with Crippen molar-refractivity contribution in [3.63, 3.8) is 0 Å². The molecule has 0 bridgehead atoms. The van der Waals surface area contributed by atoms with Gasteiger partial charge >= 0.3 is 104 Å². The quantitative estimate of drug-likeness (QED) is 0.670. The molecule has 3 rings (SSSR count). The van der Waals surface area contributed by atoms with Crippen LogP contribution in [0.1, 0.15) is 5.69 Å². The maximum absolute atomic E-state index is 12.1. The summed E-state index contributed by atoms with van der Waals surface area (Å²) >= 11 is 0.0885. The Bertz CT molecular complexity index is 700. The van der Waals surface area contributed by atoms with Gasteiger partial charge in [-0.3, -0.25) is 0 Å². The number of fused-ring (bicyclic) bond motifs is 1. The number of benzene rings is 1. The van der Waals surface area contributed by atoms with E-state index in [4.69, 9.17) is 0 Å². The van der Waals surface area contributed by atoms with E-state index in [0.717, 1.165) is 11.1 Å². The SMILES string of the molecule is O=c1c2ccccc2[se]n1Cc1ccccn1. The average molecular weight is 289 g/mol. The fourth-order valence-electron chi connectivity index (χ4n) is 1.76. The Morgan fingerprint density at radius 2 is 1.94 bits per heavy atom. The second kappa shape index (κ2) is 4.32. The molecule has 0 aliphatic rings. The van der Waals surface area contributed by atoms with Crippen LogP contribution in [0.5, 0.6) is 0 Å². The van der Waals surface area contributed by atoms with Gasteiger partial charge in [0.05, 0.1) is 0 Å². The van der Waals surface area contributed by atoms with Gasteiger partial charge in [0.15, 0.2) is 0 Å². The van der Waals surface area contributed by atoms with E-state index >= 15 is 0 Å². The Kier molecular flexibility index (Phi) is 2.67. The molecule has 0 fully saturated rings. The van der Waals surface area contributed by atoms with Crippen LogP contribution in [0.2, 0.25) is 0 Å². The minimum absolute atomic E-state index is 0.0885. The predicted octanol–water partition coefficient (Wildman–Crippen LogP) is 1.50. The summed E-state index contributed by atoms with van der Waals surface area (Å²) in [5.41, 5.74) is 1.07. The second-order valence-electron chi connectivity index (χ2n) is 3.75. The maximum atomic E-state index is 12.1. The molecule has 17 heavy (non-hydrogen) atoms. The van der Waals surface area contributed by atoms with Crippen LogP contribution in [-0.4, -0.2) is 23.3 Å². The molecule has 2 heterocycles. The summed E-state index contributed by atoms with van der Waals surface area (Å²) in [6.45, 7) is 0.606. The summed E-state index contributed by atoms with van der Waals surface area (Å²) in [6.07, 6.45) is 1.76. The molecule has 3 aromatic rings. The minimum atomic E-state index is 0.0885. The molecule has 84 valence electrons. The first-order valence-corrected chi connectivity index (χ1v) is 6.95. The Balaban J connectivity index is 2.07. The topological polar surface area (TPSA) is 34.9 Å². The monoisotopic (exact) mass is 290 g/mol. The summed E-state index contributed by atoms with van der Waals surface area (Å²) in [4.78, 5) is 16.4. The molecule has 0 amide bonds. The zero-order chi connectivity index (χ0) is 11.7. The molecule has 0 N–H and O–H groups in total. The third-order valence-corrected chi connectivity index (χ3v) is 4.83. The average Bonchev–Trinajstić information content (AvgIpc) is 2.68. The zero-order valence-electron chi connectivity index (χ0n) is 9.04. The first-order valence-electron chi connectivity index (χ1n) is 5.33. The van der Waals surface area contributed by atoms with Crippen LogP contribution in [0.4, 0.5) is 0 Å². The van der Waals surface area contributed by atoms with Crippen molar-refractivity contribution in [3.8, 4) is 0 Å². The zero-order valence-corrected chi connectivity index (χ0v) is 10.7. The molecule has 0 saturated heterocycles. The predicted molar refractivity (Wildman–Crippen MR) is 68.5 cm³/mol. The second-order valence-corrected chi connectivity index (χ2v) is 5.98. The normalized spacial score (nSPS) is 10.8. The molecule has 0 saturated carbocycles. The van der Waals surface area contributed by atoms with Crippen molar-refractivity contribution in [3.05, 3.63) is 64.7 Å². The van der Waals surface area contributed by atoms with E-state index < -0.39 is 0 Å². The van der Waals surface area contributed by atoms with Gasteiger partial charge in [-0.25, -0.2) is 0 Å². The van der Waals surface area contributed by atoms with Crippen molar-refractivity contribution in [2.45, 2.75) is 6.54 Å². The molecule has 0 atom stereocenters. The summed E-state index contributed by atoms with van der Waals surface area (Å²) in [6, 6.07) is 13.6. The van der Waals surface area contributed by atoms with Gasteiger partial charge in [0.2, 0.25) is 0 Å². The van der Waals surface area contributed by atoms with E-state index in [1.807, 2.05) is 46.0 Å². The van der Waals surface area contributed by atoms with Crippen molar-refractivity contribution in [2.75, 3.05) is 0 Å². The van der Waals surface area contributed by atoms with Crippen LogP contribution in [-0.2, 0) is 6.54 Å². The fourth-order valence-corrected chi connectivity index (χ4v) is 3.88. The molecular formula is C13H10N2OSe. The first-order chi connectivity index (χ1) is 8.34. The van der Waals surface area contributed by atoms with E-state index in [1.165, 1.54) is 4.26 Å². The van der Waals surface area contributed by atoms with Crippen LogP contribution < -0.4 is 5.56 Å². The molecule has 0 unspecified atom stereocenters. The molecule has 0 aliphatic carbocycles. The number of aromatic nitrogens is 2. The Morgan fingerprint density at radius 1 is 1.12 bits per heavy atom. The summed E-state index contributed by atoms with van der Waals surface area (Å²) < 4.78 is 3.06. The molecule has 1 aromatic carbocycles. The van der Waals surface area contributed by atoms with Gasteiger partial charge in [-0.2, -0.15) is 0 Å². The van der Waals surface area contributed by atoms with Gasteiger partial charge < -0.3 is 0 Å². The van der Waals surface area contributed by atoms with Crippen LogP contribution in [0.3, 0.4) is 0 Å². The Labute approximate surface area is 104 Å². The van der Waals surface area contributed by atoms with Gasteiger partial charge in [0.1, 0.15) is 0 Å². The molecule has 0 spiro atoms. The Morgan fingerprint density at radius 3 is 2.71 bits per heavy atom. The van der Waals surface area contributed by atoms with Crippen molar-refractivity contribution in [2.24, 2.45) is 0 Å². The number of hydrogen-bond donors (Lipinski definition) is 0. The number of pyridine rings is 1. The Hall–Kier alpha value is -1.64. The molecule has 0 aliphatic heterocycles. The summed E-state index contributed by atoms with van der Waals surface area (Å²) in [5.74, 6) is 0. The van der Waals surface area contributed by atoms with E-state index in [-0.39, 0.29) is 20.3 Å². The number of rotatable bonds is 2. The summed E-state index contributed by atoms with van der Waals surface area (Å²) in [7, 11) is 0. The first kappa shape index (κ1) is 10.5. The van der Waals surface area contributed by atoms with Gasteiger partial charge in [-0.05, 0) is 0 Å². The van der Waals surface area contributed by atoms with Gasteiger partial charge in [0, 0.05) is 0 Å². The van der Waals surface area contributed by atoms with E-state index in [9.17, 15) is 4.79 Å². The van der Waals surface area contributed by atoms with Crippen molar-refractivity contribution >= 4 is 24.4 Å². The third-order valence-electron chi connectivity index (χ3n) is 2.58. The molecule has 2 aromatic heterocycles. The standard InChI is InChI=1S/C13H10N2OSe/c16-13-11-6-1-2-7-12(11)17-15(13)9-10-5-3-4-8-14-10/h1-8H,9H2. The number of hydrogen-bond acceptors (Lipinski definition) is 2. The van der Waals surface area contributed by atoms with E-state index in [0.29, 0.717) is 6.54 Å². The third kappa shape index (κ3) is 1.97. The van der Waals surface area contributed by atoms with Crippen molar-refractivity contribution in [1.82, 2.24) is 8.55 Å². The van der Waals surface area contributed by atoms with Gasteiger partial charge in [-0.15, -0.1) is 0 Å². The fraction of sp³-hybridized carbons (Fsp3) is 0.0769. The van der Waals surface area contributed by atoms with E-state index in [2.05, 4.69) is 4.98 Å². The van der Waals surface area contributed by atoms with Crippen LogP contribution in [0.15, 0.2) is 53.5 Å². The molecule has 3 nitrogen and oxygen atoms in total. The van der Waals surface area contributed by atoms with Crippen LogP contribution >= 0.6 is 0 Å². The number of nitrogens with zero attached hydrogens (tertiary/aromatic N) is 2. The van der Waals surface area contributed by atoms with E-state index in [1.54, 1.807) is 6.20 Å². The molecular weight excluding hydrogens is 279 g/mol.